The summed E-state index contributed by atoms with van der Waals surface area (Å²) in [6.45, 7) is 8.87. The van der Waals surface area contributed by atoms with E-state index in [4.69, 9.17) is 11.6 Å². The summed E-state index contributed by atoms with van der Waals surface area (Å²) in [5, 5.41) is 4.46. The topological polar surface area (TPSA) is 12.0 Å². The molecule has 1 atom stereocenters. The summed E-state index contributed by atoms with van der Waals surface area (Å²) in [6.07, 6.45) is 3.60. The summed E-state index contributed by atoms with van der Waals surface area (Å²) in [6, 6.07) is 8.29. The van der Waals surface area contributed by atoms with E-state index in [1.165, 1.54) is 24.8 Å². The highest BCUT2D eigenvalue weighted by Gasteiger charge is 2.21. The Morgan fingerprint density at radius 2 is 1.78 bits per heavy atom. The van der Waals surface area contributed by atoms with Crippen LogP contribution in [0.2, 0.25) is 5.02 Å². The molecule has 0 spiro atoms. The molecule has 2 heteroatoms. The van der Waals surface area contributed by atoms with Gasteiger partial charge in [-0.3, -0.25) is 0 Å². The third-order valence-corrected chi connectivity index (χ3v) is 4.06. The molecular weight excluding hydrogens is 242 g/mol. The van der Waals surface area contributed by atoms with Crippen LogP contribution in [-0.4, -0.2) is 13.1 Å². The Kier molecular flexibility index (Phi) is 7.38. The van der Waals surface area contributed by atoms with Crippen molar-refractivity contribution < 1.29 is 0 Å². The Hall–Kier alpha value is -0.530. The first kappa shape index (κ1) is 15.5. The van der Waals surface area contributed by atoms with Gasteiger partial charge in [-0.25, -0.2) is 0 Å². The van der Waals surface area contributed by atoms with Crippen molar-refractivity contribution in [1.82, 2.24) is 5.32 Å². The predicted molar refractivity (Wildman–Crippen MR) is 81.4 cm³/mol. The lowest BCUT2D eigenvalue weighted by molar-refractivity contribution is 0.380. The third kappa shape index (κ3) is 4.29. The van der Waals surface area contributed by atoms with Gasteiger partial charge in [-0.15, -0.1) is 0 Å². The summed E-state index contributed by atoms with van der Waals surface area (Å²) in [7, 11) is 0. The fourth-order valence-corrected chi connectivity index (χ4v) is 2.87. The zero-order valence-corrected chi connectivity index (χ0v) is 12.6. The van der Waals surface area contributed by atoms with Gasteiger partial charge in [0.05, 0.1) is 0 Å². The van der Waals surface area contributed by atoms with Gasteiger partial charge < -0.3 is 5.32 Å². The number of nitrogens with one attached hydrogen (secondary N) is 1. The van der Waals surface area contributed by atoms with E-state index in [1.54, 1.807) is 0 Å². The molecule has 0 heterocycles. The monoisotopic (exact) mass is 267 g/mol. The van der Waals surface area contributed by atoms with E-state index in [2.05, 4.69) is 38.2 Å². The van der Waals surface area contributed by atoms with Crippen LogP contribution >= 0.6 is 11.6 Å². The van der Waals surface area contributed by atoms with E-state index in [0.717, 1.165) is 18.1 Å². The molecule has 1 rings (SSSR count). The highest BCUT2D eigenvalue weighted by molar-refractivity contribution is 6.31. The first-order valence-electron chi connectivity index (χ1n) is 7.19. The van der Waals surface area contributed by atoms with Gasteiger partial charge >= 0.3 is 0 Å². The van der Waals surface area contributed by atoms with Gasteiger partial charge in [0.1, 0.15) is 0 Å². The second-order valence-electron chi connectivity index (χ2n) is 4.91. The molecule has 0 aliphatic carbocycles. The molecule has 0 saturated heterocycles. The molecule has 0 aliphatic heterocycles. The number of rotatable bonds is 8. The molecule has 0 aliphatic rings. The highest BCUT2D eigenvalue weighted by atomic mass is 35.5. The van der Waals surface area contributed by atoms with Gasteiger partial charge in [-0.1, -0.05) is 63.4 Å². The number of benzene rings is 1. The van der Waals surface area contributed by atoms with E-state index in [-0.39, 0.29) is 0 Å². The second-order valence-corrected chi connectivity index (χ2v) is 5.32. The van der Waals surface area contributed by atoms with Crippen molar-refractivity contribution in [3.8, 4) is 0 Å². The van der Waals surface area contributed by atoms with E-state index in [0.29, 0.717) is 11.8 Å². The van der Waals surface area contributed by atoms with Crippen LogP contribution in [0.15, 0.2) is 24.3 Å². The van der Waals surface area contributed by atoms with Crippen LogP contribution in [0, 0.1) is 5.92 Å². The van der Waals surface area contributed by atoms with Crippen molar-refractivity contribution >= 4 is 11.6 Å². The number of hydrogen-bond donors (Lipinski definition) is 1. The van der Waals surface area contributed by atoms with E-state index >= 15 is 0 Å². The van der Waals surface area contributed by atoms with Crippen LogP contribution in [0.25, 0.3) is 0 Å². The largest absolute Gasteiger partial charge is 0.316 e. The van der Waals surface area contributed by atoms with Crippen LogP contribution in [0.1, 0.15) is 51.5 Å². The molecule has 18 heavy (non-hydrogen) atoms. The molecule has 1 nitrogen and oxygen atoms in total. The number of halogens is 1. The average Bonchev–Trinajstić information content (AvgIpc) is 2.39. The molecule has 102 valence electrons. The Morgan fingerprint density at radius 3 is 2.33 bits per heavy atom. The van der Waals surface area contributed by atoms with E-state index in [1.807, 2.05) is 12.1 Å². The minimum atomic E-state index is 0.528. The van der Waals surface area contributed by atoms with E-state index in [9.17, 15) is 0 Å². The van der Waals surface area contributed by atoms with Gasteiger partial charge in [-0.2, -0.15) is 0 Å². The molecular formula is C16H26ClN. The Balaban J connectivity index is 2.85. The molecule has 1 aromatic rings. The lowest BCUT2D eigenvalue weighted by atomic mass is 9.82. The summed E-state index contributed by atoms with van der Waals surface area (Å²) in [4.78, 5) is 0. The zero-order valence-electron chi connectivity index (χ0n) is 11.9. The van der Waals surface area contributed by atoms with Gasteiger partial charge in [0.25, 0.3) is 0 Å². The minimum absolute atomic E-state index is 0.528. The normalized spacial score (nSPS) is 12.9. The van der Waals surface area contributed by atoms with Crippen LogP contribution in [0.5, 0.6) is 0 Å². The lowest BCUT2D eigenvalue weighted by Crippen LogP contribution is -2.27. The molecule has 0 radical (unpaired) electrons. The van der Waals surface area contributed by atoms with Gasteiger partial charge in [0.2, 0.25) is 0 Å². The Labute approximate surface area is 117 Å². The molecule has 1 unspecified atom stereocenters. The number of hydrogen-bond acceptors (Lipinski definition) is 1. The molecule has 0 bridgehead atoms. The van der Waals surface area contributed by atoms with Crippen molar-refractivity contribution in [1.29, 1.82) is 0 Å². The first-order chi connectivity index (χ1) is 8.74. The summed E-state index contributed by atoms with van der Waals surface area (Å²) < 4.78 is 0. The van der Waals surface area contributed by atoms with Gasteiger partial charge in [0, 0.05) is 17.5 Å². The zero-order chi connectivity index (χ0) is 13.4. The Morgan fingerprint density at radius 1 is 1.11 bits per heavy atom. The average molecular weight is 268 g/mol. The van der Waals surface area contributed by atoms with Crippen LogP contribution < -0.4 is 5.32 Å². The fourth-order valence-electron chi connectivity index (χ4n) is 2.60. The standard InChI is InChI=1S/C16H26ClN/c1-4-11-18-12-15(13(5-2)6-3)14-9-7-8-10-16(14)17/h7-10,13,15,18H,4-6,11-12H2,1-3H3. The highest BCUT2D eigenvalue weighted by Crippen LogP contribution is 2.33. The molecule has 0 aromatic heterocycles. The maximum absolute atomic E-state index is 6.36. The molecule has 1 N–H and O–H groups in total. The van der Waals surface area contributed by atoms with Crippen molar-refractivity contribution in [3.63, 3.8) is 0 Å². The predicted octanol–water partition coefficient (Wildman–Crippen LogP) is 4.86. The molecule has 0 amide bonds. The van der Waals surface area contributed by atoms with Crippen LogP contribution in [-0.2, 0) is 0 Å². The smallest absolute Gasteiger partial charge is 0.0441 e. The van der Waals surface area contributed by atoms with E-state index < -0.39 is 0 Å². The van der Waals surface area contributed by atoms with Crippen molar-refractivity contribution in [2.45, 2.75) is 46.0 Å². The molecule has 0 fully saturated rings. The summed E-state index contributed by atoms with van der Waals surface area (Å²) in [5.74, 6) is 1.23. The van der Waals surface area contributed by atoms with Crippen LogP contribution in [0.3, 0.4) is 0 Å². The molecule has 0 saturated carbocycles. The SMILES string of the molecule is CCCNCC(c1ccccc1Cl)C(CC)CC. The second kappa shape index (κ2) is 8.55. The maximum atomic E-state index is 6.36. The van der Waals surface area contributed by atoms with Crippen molar-refractivity contribution in [2.75, 3.05) is 13.1 Å². The lowest BCUT2D eigenvalue weighted by Gasteiger charge is -2.27. The quantitative estimate of drug-likeness (QED) is 0.664. The third-order valence-electron chi connectivity index (χ3n) is 3.71. The van der Waals surface area contributed by atoms with Gasteiger partial charge in [-0.05, 0) is 30.5 Å². The summed E-state index contributed by atoms with van der Waals surface area (Å²) in [5.41, 5.74) is 1.30. The fraction of sp³-hybridized carbons (Fsp3) is 0.625. The maximum Gasteiger partial charge on any atom is 0.0441 e. The van der Waals surface area contributed by atoms with Crippen molar-refractivity contribution in [3.05, 3.63) is 34.9 Å². The van der Waals surface area contributed by atoms with Gasteiger partial charge in [0.15, 0.2) is 0 Å². The Bertz CT molecular complexity index is 334. The first-order valence-corrected chi connectivity index (χ1v) is 7.57. The molecule has 1 aromatic carbocycles. The minimum Gasteiger partial charge on any atom is -0.316 e. The van der Waals surface area contributed by atoms with Crippen molar-refractivity contribution in [2.24, 2.45) is 5.92 Å². The summed E-state index contributed by atoms with van der Waals surface area (Å²) >= 11 is 6.36. The van der Waals surface area contributed by atoms with Crippen LogP contribution in [0.4, 0.5) is 0 Å².